The van der Waals surface area contributed by atoms with Crippen LogP contribution in [-0.4, -0.2) is 107 Å². The fourth-order valence-electron chi connectivity index (χ4n) is 4.36. The summed E-state index contributed by atoms with van der Waals surface area (Å²) in [5.74, 6) is 0.480. The lowest BCUT2D eigenvalue weighted by atomic mass is 9.96. The monoisotopic (exact) mass is 499 g/mol. The molecule has 0 aliphatic carbocycles. The Hall–Kier alpha value is -1.76. The SMILES string of the molecule is COc1ccc(S(=O)(=O)N2C[C@H](O)COC[C@H]3O[C@H](CC(=O)NCCCN(C)C)CC[C@@H]32)cc1. The van der Waals surface area contributed by atoms with Crippen LogP contribution in [0, 0.1) is 0 Å². The van der Waals surface area contributed by atoms with E-state index in [4.69, 9.17) is 14.2 Å². The molecule has 10 nitrogen and oxygen atoms in total. The summed E-state index contributed by atoms with van der Waals surface area (Å²) in [6, 6.07) is 5.69. The summed E-state index contributed by atoms with van der Waals surface area (Å²) in [4.78, 5) is 14.5. The second kappa shape index (κ2) is 12.3. The Morgan fingerprint density at radius 2 is 1.97 bits per heavy atom. The Bertz CT molecular complexity index is 894. The number of aliphatic hydroxyl groups excluding tert-OH is 1. The normalized spacial score (nSPS) is 26.4. The maximum absolute atomic E-state index is 13.5. The van der Waals surface area contributed by atoms with Gasteiger partial charge in [-0.15, -0.1) is 0 Å². The van der Waals surface area contributed by atoms with Crippen molar-refractivity contribution in [3.63, 3.8) is 0 Å². The molecular formula is C23H37N3O7S. The number of ether oxygens (including phenoxy) is 3. The Morgan fingerprint density at radius 3 is 2.65 bits per heavy atom. The number of rotatable bonds is 9. The van der Waals surface area contributed by atoms with Crippen molar-refractivity contribution in [3.8, 4) is 5.75 Å². The molecule has 1 aromatic rings. The lowest BCUT2D eigenvalue weighted by molar-refractivity contribution is -0.146. The average Bonchev–Trinajstić information content (AvgIpc) is 2.79. The van der Waals surface area contributed by atoms with Crippen molar-refractivity contribution >= 4 is 15.9 Å². The van der Waals surface area contributed by atoms with Crippen LogP contribution in [0.5, 0.6) is 5.75 Å². The summed E-state index contributed by atoms with van der Waals surface area (Å²) < 4.78 is 45.3. The van der Waals surface area contributed by atoms with Crippen molar-refractivity contribution < 1.29 is 32.5 Å². The van der Waals surface area contributed by atoms with Crippen LogP contribution in [0.15, 0.2) is 29.2 Å². The van der Waals surface area contributed by atoms with Crippen LogP contribution in [0.25, 0.3) is 0 Å². The number of carbonyl (C=O) groups is 1. The van der Waals surface area contributed by atoms with Gasteiger partial charge in [-0.05, 0) is 64.2 Å². The van der Waals surface area contributed by atoms with Crippen LogP contribution in [-0.2, 0) is 24.3 Å². The van der Waals surface area contributed by atoms with E-state index in [1.807, 2.05) is 14.1 Å². The Labute approximate surface area is 202 Å². The number of carbonyl (C=O) groups excluding carboxylic acids is 1. The average molecular weight is 500 g/mol. The minimum Gasteiger partial charge on any atom is -0.497 e. The van der Waals surface area contributed by atoms with Crippen molar-refractivity contribution in [1.82, 2.24) is 14.5 Å². The Kier molecular flexibility index (Phi) is 9.69. The fourth-order valence-corrected chi connectivity index (χ4v) is 6.07. The minimum atomic E-state index is -3.89. The summed E-state index contributed by atoms with van der Waals surface area (Å²) in [6.45, 7) is 1.57. The third-order valence-corrected chi connectivity index (χ3v) is 8.02. The van der Waals surface area contributed by atoms with Crippen molar-refractivity contribution in [1.29, 1.82) is 0 Å². The highest BCUT2D eigenvalue weighted by atomic mass is 32.2. The number of fused-ring (bicyclic) bond motifs is 1. The summed E-state index contributed by atoms with van der Waals surface area (Å²) in [5, 5.41) is 13.3. The van der Waals surface area contributed by atoms with E-state index in [1.54, 1.807) is 12.1 Å². The molecule has 3 rings (SSSR count). The molecule has 34 heavy (non-hydrogen) atoms. The maximum Gasteiger partial charge on any atom is 0.243 e. The Morgan fingerprint density at radius 1 is 1.24 bits per heavy atom. The fraction of sp³-hybridized carbons (Fsp3) is 0.696. The molecule has 1 amide bonds. The molecule has 0 bridgehead atoms. The first-order chi connectivity index (χ1) is 16.2. The largest absolute Gasteiger partial charge is 0.497 e. The van der Waals surface area contributed by atoms with Gasteiger partial charge < -0.3 is 29.5 Å². The second-order valence-corrected chi connectivity index (χ2v) is 11.0. The van der Waals surface area contributed by atoms with Gasteiger partial charge in [0.1, 0.15) is 5.75 Å². The van der Waals surface area contributed by atoms with Gasteiger partial charge in [-0.2, -0.15) is 4.31 Å². The summed E-state index contributed by atoms with van der Waals surface area (Å²) in [5.41, 5.74) is 0. The molecular weight excluding hydrogens is 462 g/mol. The molecule has 4 atom stereocenters. The number of β-amino-alcohol motifs (C(OH)–C–C–N with tert-alkyl or cyclic N) is 1. The number of methoxy groups -OCH3 is 1. The number of sulfonamides is 1. The number of aliphatic hydroxyl groups is 1. The van der Waals surface area contributed by atoms with Gasteiger partial charge in [-0.25, -0.2) is 8.42 Å². The molecule has 0 aromatic heterocycles. The number of nitrogens with zero attached hydrogens (tertiary/aromatic N) is 2. The van der Waals surface area contributed by atoms with Crippen molar-refractivity contribution in [2.24, 2.45) is 0 Å². The van der Waals surface area contributed by atoms with Gasteiger partial charge in [0.05, 0.1) is 56.0 Å². The van der Waals surface area contributed by atoms with E-state index in [0.717, 1.165) is 13.0 Å². The van der Waals surface area contributed by atoms with E-state index >= 15 is 0 Å². The van der Waals surface area contributed by atoms with Crippen LogP contribution >= 0.6 is 0 Å². The third-order valence-electron chi connectivity index (χ3n) is 6.12. The number of nitrogens with one attached hydrogen (secondary N) is 1. The molecule has 2 saturated heterocycles. The number of amides is 1. The predicted molar refractivity (Wildman–Crippen MR) is 126 cm³/mol. The predicted octanol–water partition coefficient (Wildman–Crippen LogP) is 0.451. The maximum atomic E-state index is 13.5. The zero-order chi connectivity index (χ0) is 24.7. The molecule has 0 spiro atoms. The lowest BCUT2D eigenvalue weighted by Crippen LogP contribution is -2.57. The highest BCUT2D eigenvalue weighted by Crippen LogP contribution is 2.31. The molecule has 0 saturated carbocycles. The third kappa shape index (κ3) is 7.12. The molecule has 11 heteroatoms. The van der Waals surface area contributed by atoms with Crippen molar-refractivity contribution in [2.75, 3.05) is 54.1 Å². The lowest BCUT2D eigenvalue weighted by Gasteiger charge is -2.43. The van der Waals surface area contributed by atoms with Crippen LogP contribution in [0.3, 0.4) is 0 Å². The van der Waals surface area contributed by atoms with E-state index in [0.29, 0.717) is 25.1 Å². The number of hydrogen-bond acceptors (Lipinski definition) is 8. The Balaban J connectivity index is 1.67. The van der Waals surface area contributed by atoms with E-state index in [9.17, 15) is 18.3 Å². The van der Waals surface area contributed by atoms with E-state index in [-0.39, 0.29) is 43.1 Å². The van der Waals surface area contributed by atoms with E-state index in [2.05, 4.69) is 10.2 Å². The topological polar surface area (TPSA) is 118 Å². The molecule has 192 valence electrons. The van der Waals surface area contributed by atoms with Gasteiger partial charge in [0.25, 0.3) is 0 Å². The van der Waals surface area contributed by atoms with Crippen molar-refractivity contribution in [3.05, 3.63) is 24.3 Å². The highest BCUT2D eigenvalue weighted by Gasteiger charge is 2.43. The molecule has 0 unspecified atom stereocenters. The van der Waals surface area contributed by atoms with Crippen LogP contribution in [0.1, 0.15) is 25.7 Å². The van der Waals surface area contributed by atoms with Gasteiger partial charge >= 0.3 is 0 Å². The first-order valence-corrected chi connectivity index (χ1v) is 13.1. The molecule has 1 aromatic carbocycles. The smallest absolute Gasteiger partial charge is 0.243 e. The zero-order valence-electron chi connectivity index (χ0n) is 20.2. The summed E-state index contributed by atoms with van der Waals surface area (Å²) in [7, 11) is 1.60. The molecule has 2 N–H and O–H groups in total. The van der Waals surface area contributed by atoms with Crippen LogP contribution in [0.4, 0.5) is 0 Å². The van der Waals surface area contributed by atoms with Gasteiger partial charge in [0, 0.05) is 13.1 Å². The molecule has 0 radical (unpaired) electrons. The highest BCUT2D eigenvalue weighted by molar-refractivity contribution is 7.89. The first-order valence-electron chi connectivity index (χ1n) is 11.7. The minimum absolute atomic E-state index is 0.0121. The van der Waals surface area contributed by atoms with Gasteiger partial charge in [-0.3, -0.25) is 4.79 Å². The van der Waals surface area contributed by atoms with Gasteiger partial charge in [0.15, 0.2) is 0 Å². The summed E-state index contributed by atoms with van der Waals surface area (Å²) in [6.07, 6.45) is 0.350. The van der Waals surface area contributed by atoms with E-state index in [1.165, 1.54) is 23.5 Å². The quantitative estimate of drug-likeness (QED) is 0.471. The molecule has 2 heterocycles. The first kappa shape index (κ1) is 26.8. The second-order valence-electron chi connectivity index (χ2n) is 9.09. The van der Waals surface area contributed by atoms with E-state index < -0.39 is 28.3 Å². The standard InChI is InChI=1S/C23H37N3O7S/c1-25(2)12-4-11-24-23(28)13-19-7-10-21-22(33-19)16-32-15-17(27)14-26(21)34(29,30)20-8-5-18(31-3)6-9-20/h5-6,8-9,17,19,21-22,27H,4,7,10-16H2,1-3H3,(H,24,28)/t17-,19-,21-,22+/m0/s1. The summed E-state index contributed by atoms with van der Waals surface area (Å²) >= 11 is 0. The number of hydrogen-bond donors (Lipinski definition) is 2. The van der Waals surface area contributed by atoms with Gasteiger partial charge in [-0.1, -0.05) is 0 Å². The zero-order valence-corrected chi connectivity index (χ0v) is 21.0. The number of benzene rings is 1. The van der Waals surface area contributed by atoms with Crippen LogP contribution in [0.2, 0.25) is 0 Å². The van der Waals surface area contributed by atoms with Crippen molar-refractivity contribution in [2.45, 2.75) is 54.9 Å². The molecule has 2 aliphatic rings. The molecule has 2 aliphatic heterocycles. The van der Waals surface area contributed by atoms with Crippen LogP contribution < -0.4 is 10.1 Å². The molecule has 2 fully saturated rings. The van der Waals surface area contributed by atoms with Gasteiger partial charge in [0.2, 0.25) is 15.9 Å².